The highest BCUT2D eigenvalue weighted by molar-refractivity contribution is 6.15. The second-order valence-corrected chi connectivity index (χ2v) is 25.8. The molecule has 8 heterocycles. The van der Waals surface area contributed by atoms with Gasteiger partial charge in [0, 0.05) is 65.6 Å². The molecule has 0 N–H and O–H groups in total. The molecule has 2 atom stereocenters. The molecule has 0 saturated carbocycles. The lowest BCUT2D eigenvalue weighted by Gasteiger charge is -2.37. The van der Waals surface area contributed by atoms with Gasteiger partial charge in [0.15, 0.2) is 5.82 Å². The van der Waals surface area contributed by atoms with E-state index in [0.29, 0.717) is 5.82 Å². The molecule has 19 aromatic rings. The van der Waals surface area contributed by atoms with Crippen LogP contribution in [0.1, 0.15) is 17.0 Å². The SMILES string of the molecule is c1ccc(-c2cc(-c3ccccc3)nc(-c3c(-n4c5ccccc5c5ccccc54)c(-n4c5ccccc5c5ccccc54)[n+](N4c5ccccc5C5c6ccccc6N(c6ccccc6)C54)c(-n4c5ccccc5c5ccccc54)c3-n3c4ccccc4c4ccccc43)n2)cc1. The van der Waals surface area contributed by atoms with Crippen molar-refractivity contribution >= 4 is 104 Å². The molecule has 0 amide bonds. The number of rotatable bonds is 9. The summed E-state index contributed by atoms with van der Waals surface area (Å²) in [5, 5.41) is 11.7. The topological polar surface area (TPSA) is 55.9 Å². The number of hydrogen-bond acceptors (Lipinski definition) is 4. The number of para-hydroxylation sites is 11. The molecule has 0 radical (unpaired) electrons. The zero-order valence-corrected chi connectivity index (χ0v) is 53.0. The molecule has 98 heavy (non-hydrogen) atoms. The van der Waals surface area contributed by atoms with Gasteiger partial charge < -0.3 is 14.0 Å². The van der Waals surface area contributed by atoms with Gasteiger partial charge in [-0.3, -0.25) is 0 Å². The molecule has 0 bridgehead atoms. The van der Waals surface area contributed by atoms with E-state index in [9.17, 15) is 0 Å². The van der Waals surface area contributed by atoms with Crippen molar-refractivity contribution in [2.75, 3.05) is 9.91 Å². The Kier molecular flexibility index (Phi) is 11.7. The smallest absolute Gasteiger partial charge is 0.282 e. The monoisotopic (exact) mass is 1250 g/mol. The minimum absolute atomic E-state index is 0.139. The van der Waals surface area contributed by atoms with Crippen LogP contribution in [0.5, 0.6) is 0 Å². The summed E-state index contributed by atoms with van der Waals surface area (Å²) in [6, 6.07) is 125. The van der Waals surface area contributed by atoms with Crippen LogP contribution in [0.25, 0.3) is 144 Å². The van der Waals surface area contributed by atoms with Crippen LogP contribution >= 0.6 is 0 Å². The lowest BCUT2D eigenvalue weighted by atomic mass is 9.93. The predicted octanol–water partition coefficient (Wildman–Crippen LogP) is 21.0. The Bertz CT molecular complexity index is 5940. The van der Waals surface area contributed by atoms with Crippen LogP contribution in [0.3, 0.4) is 0 Å². The van der Waals surface area contributed by atoms with E-state index in [0.717, 1.165) is 155 Å². The van der Waals surface area contributed by atoms with Crippen LogP contribution in [0.15, 0.2) is 340 Å². The van der Waals surface area contributed by atoms with Crippen LogP contribution in [0.4, 0.5) is 17.1 Å². The Morgan fingerprint density at radius 3 is 0.949 bits per heavy atom. The molecule has 458 valence electrons. The fourth-order valence-corrected chi connectivity index (χ4v) is 16.8. The Labute approximate surface area is 563 Å². The van der Waals surface area contributed by atoms with Crippen molar-refractivity contribution in [1.82, 2.24) is 28.2 Å². The Balaban J connectivity index is 1.12. The van der Waals surface area contributed by atoms with Crippen molar-refractivity contribution in [2.24, 2.45) is 0 Å². The van der Waals surface area contributed by atoms with Crippen molar-refractivity contribution in [2.45, 2.75) is 12.1 Å². The van der Waals surface area contributed by atoms with Gasteiger partial charge in [0.05, 0.1) is 50.6 Å². The summed E-state index contributed by atoms with van der Waals surface area (Å²) < 4.78 is 13.0. The van der Waals surface area contributed by atoms with Gasteiger partial charge in [-0.1, -0.05) is 261 Å². The number of aromatic nitrogens is 7. The minimum Gasteiger partial charge on any atom is -0.316 e. The molecule has 21 rings (SSSR count). The van der Waals surface area contributed by atoms with Crippen molar-refractivity contribution in [3.05, 3.63) is 351 Å². The number of hydrogen-bond donors (Lipinski definition) is 0. The molecular weight excluding hydrogens is 1200 g/mol. The number of fused-ring (bicyclic) bond motifs is 17. The van der Waals surface area contributed by atoms with Gasteiger partial charge in [0.25, 0.3) is 11.6 Å². The van der Waals surface area contributed by atoms with Crippen LogP contribution in [-0.4, -0.2) is 34.4 Å². The van der Waals surface area contributed by atoms with E-state index in [1.165, 1.54) is 11.1 Å². The van der Waals surface area contributed by atoms with Gasteiger partial charge in [-0.15, -0.1) is 4.68 Å². The second-order valence-electron chi connectivity index (χ2n) is 25.8. The van der Waals surface area contributed by atoms with Crippen molar-refractivity contribution in [1.29, 1.82) is 0 Å². The summed E-state index contributed by atoms with van der Waals surface area (Å²) in [5.41, 5.74) is 20.2. The van der Waals surface area contributed by atoms with E-state index in [2.05, 4.69) is 373 Å². The van der Waals surface area contributed by atoms with Gasteiger partial charge in [-0.2, -0.15) is 0 Å². The lowest BCUT2D eigenvalue weighted by Crippen LogP contribution is -2.65. The molecule has 0 spiro atoms. The summed E-state index contributed by atoms with van der Waals surface area (Å²) in [6.07, 6.45) is -0.402. The third-order valence-electron chi connectivity index (χ3n) is 20.7. The molecule has 0 fully saturated rings. The molecule has 13 aromatic carbocycles. The van der Waals surface area contributed by atoms with E-state index >= 15 is 0 Å². The normalized spacial score (nSPS) is 14.3. The third kappa shape index (κ3) is 7.69. The highest BCUT2D eigenvalue weighted by Crippen LogP contribution is 2.57. The molecule has 2 aliphatic heterocycles. The molecule has 9 heteroatoms. The molecule has 0 aliphatic carbocycles. The lowest BCUT2D eigenvalue weighted by molar-refractivity contribution is -0.674. The maximum absolute atomic E-state index is 6.16. The molecule has 6 aromatic heterocycles. The van der Waals surface area contributed by atoms with Gasteiger partial charge in [-0.25, -0.2) is 24.1 Å². The van der Waals surface area contributed by atoms with E-state index in [1.807, 2.05) is 0 Å². The zero-order chi connectivity index (χ0) is 64.1. The second kappa shape index (κ2) is 21.2. The van der Waals surface area contributed by atoms with Crippen LogP contribution in [-0.2, 0) is 0 Å². The van der Waals surface area contributed by atoms with E-state index in [4.69, 9.17) is 9.97 Å². The quantitative estimate of drug-likeness (QED) is 0.135. The summed E-state index contributed by atoms with van der Waals surface area (Å²) >= 11 is 0. The zero-order valence-electron chi connectivity index (χ0n) is 53.0. The number of benzene rings is 13. The summed E-state index contributed by atoms with van der Waals surface area (Å²) in [4.78, 5) is 14.9. The molecular formula is C89H58N9+. The first-order valence-corrected chi connectivity index (χ1v) is 33.7. The van der Waals surface area contributed by atoms with E-state index in [-0.39, 0.29) is 5.92 Å². The number of pyridine rings is 1. The maximum Gasteiger partial charge on any atom is 0.282 e. The summed E-state index contributed by atoms with van der Waals surface area (Å²) in [7, 11) is 0. The van der Waals surface area contributed by atoms with Crippen molar-refractivity contribution in [3.63, 3.8) is 0 Å². The summed E-state index contributed by atoms with van der Waals surface area (Å²) in [5.74, 6) is 2.16. The Morgan fingerprint density at radius 2 is 0.571 bits per heavy atom. The molecule has 2 unspecified atom stereocenters. The van der Waals surface area contributed by atoms with Crippen LogP contribution < -0.4 is 14.6 Å². The number of anilines is 3. The Hall–Kier alpha value is -13.1. The molecule has 2 aliphatic rings. The van der Waals surface area contributed by atoms with Gasteiger partial charge in [0.1, 0.15) is 39.6 Å². The maximum atomic E-state index is 6.16. The first-order chi connectivity index (χ1) is 48.7. The molecule has 9 nitrogen and oxygen atoms in total. The van der Waals surface area contributed by atoms with Gasteiger partial charge in [0.2, 0.25) is 0 Å². The first kappa shape index (κ1) is 54.3. The van der Waals surface area contributed by atoms with Crippen LogP contribution in [0.2, 0.25) is 0 Å². The van der Waals surface area contributed by atoms with Gasteiger partial charge in [-0.05, 0) is 90.0 Å². The van der Waals surface area contributed by atoms with Crippen molar-refractivity contribution < 1.29 is 4.68 Å². The average molecular weight is 1250 g/mol. The first-order valence-electron chi connectivity index (χ1n) is 33.7. The molecule has 0 saturated heterocycles. The standard InChI is InChI=1S/C89H58N9/c1-4-30-57(31-5-1)70-56-71(58-32-6-2-7-33-58)91-86(90-70)83-84(93-72-46-20-10-36-60(72)61-37-11-21-47-73(61)93)88(95-76-50-24-14-40-64(76)65-41-15-25-51-77(65)95)98(97-81-55-29-19-45-69(81)82-68-44-18-28-54-80(68)92(87(82)97)59-34-8-3-9-35-59)89(96-78-52-26-16-42-66(78)67-43-17-27-53-79(67)96)85(83)94-74-48-22-12-38-62(74)63-39-13-23-49-75(63)94/h1-56,82,87H/q+1. The highest BCUT2D eigenvalue weighted by atomic mass is 15.7. The fourth-order valence-electron chi connectivity index (χ4n) is 16.8. The fraction of sp³-hybridized carbons (Fsp3) is 0.0225. The van der Waals surface area contributed by atoms with E-state index in [1.54, 1.807) is 0 Å². The third-order valence-corrected chi connectivity index (χ3v) is 20.7. The van der Waals surface area contributed by atoms with Gasteiger partial charge >= 0.3 is 0 Å². The van der Waals surface area contributed by atoms with Crippen molar-refractivity contribution in [3.8, 4) is 56.9 Å². The average Bonchev–Trinajstić information content (AvgIpc) is 1.47. The largest absolute Gasteiger partial charge is 0.316 e. The Morgan fingerprint density at radius 1 is 0.276 bits per heavy atom. The summed E-state index contributed by atoms with van der Waals surface area (Å²) in [6.45, 7) is 0. The van der Waals surface area contributed by atoms with E-state index < -0.39 is 6.17 Å². The minimum atomic E-state index is -0.402. The predicted molar refractivity (Wildman–Crippen MR) is 401 cm³/mol. The highest BCUT2D eigenvalue weighted by Gasteiger charge is 2.55. The van der Waals surface area contributed by atoms with Crippen LogP contribution in [0, 0.1) is 0 Å². The number of nitrogens with zero attached hydrogens (tertiary/aromatic N) is 9.